The number of thiophene rings is 2. The molecule has 0 N–H and O–H groups in total. The Balaban J connectivity index is 1.47. The zero-order valence-electron chi connectivity index (χ0n) is 15.4. The Morgan fingerprint density at radius 3 is 1.54 bits per heavy atom. The minimum atomic E-state index is 0.0617. The van der Waals surface area contributed by atoms with Gasteiger partial charge in [-0.25, -0.2) is 0 Å². The maximum absolute atomic E-state index is 12.7. The molecule has 0 aromatic carbocycles. The van der Waals surface area contributed by atoms with Gasteiger partial charge in [0.25, 0.3) is 0 Å². The molecule has 0 unspecified atom stereocenters. The monoisotopic (exact) mass is 390 g/mol. The van der Waals surface area contributed by atoms with Gasteiger partial charge in [0.15, 0.2) is 0 Å². The Bertz CT molecular complexity index is 642. The maximum Gasteiger partial charge on any atom is 0.225 e. The molecule has 0 atom stereocenters. The number of carbonyl (C=O) groups excluding carboxylic acids is 2. The van der Waals surface area contributed by atoms with E-state index in [9.17, 15) is 9.59 Å². The molecular weight excluding hydrogens is 364 g/mol. The van der Waals surface area contributed by atoms with Crippen LogP contribution in [0.4, 0.5) is 0 Å². The number of carbonyl (C=O) groups is 2. The van der Waals surface area contributed by atoms with Crippen LogP contribution >= 0.6 is 22.7 Å². The molecule has 1 fully saturated rings. The van der Waals surface area contributed by atoms with Crippen LogP contribution in [0.1, 0.15) is 35.4 Å². The fourth-order valence-electron chi connectivity index (χ4n) is 3.64. The quantitative estimate of drug-likeness (QED) is 0.740. The molecule has 2 aromatic heterocycles. The Hall–Kier alpha value is -1.66. The largest absolute Gasteiger partial charge is 0.340 e. The van der Waals surface area contributed by atoms with Gasteiger partial charge in [-0.15, -0.1) is 22.7 Å². The first kappa shape index (κ1) is 19.1. The standard InChI is InChI=1S/C20H26N2O2S2/c1-21(13-17-5-3-11-25-17)19(23)15-7-9-16(10-8-15)20(24)22(2)14-18-6-4-12-26-18/h3-6,11-12,15-16H,7-10,13-14H2,1-2H3. The van der Waals surface area contributed by atoms with Gasteiger partial charge in [0.1, 0.15) is 0 Å². The predicted octanol–water partition coefficient (Wildman–Crippen LogP) is 4.23. The van der Waals surface area contributed by atoms with E-state index in [2.05, 4.69) is 12.1 Å². The third-order valence-electron chi connectivity index (χ3n) is 5.12. The van der Waals surface area contributed by atoms with E-state index in [-0.39, 0.29) is 23.7 Å². The fraction of sp³-hybridized carbons (Fsp3) is 0.500. The lowest BCUT2D eigenvalue weighted by Gasteiger charge is -2.31. The van der Waals surface area contributed by atoms with E-state index in [1.807, 2.05) is 46.8 Å². The number of amides is 2. The molecule has 0 aliphatic heterocycles. The molecule has 0 bridgehead atoms. The lowest BCUT2D eigenvalue weighted by molar-refractivity contribution is -0.140. The van der Waals surface area contributed by atoms with Crippen molar-refractivity contribution in [2.75, 3.05) is 14.1 Å². The van der Waals surface area contributed by atoms with Crippen LogP contribution < -0.4 is 0 Å². The van der Waals surface area contributed by atoms with Gasteiger partial charge in [-0.1, -0.05) is 12.1 Å². The summed E-state index contributed by atoms with van der Waals surface area (Å²) in [7, 11) is 3.77. The van der Waals surface area contributed by atoms with Gasteiger partial charge >= 0.3 is 0 Å². The SMILES string of the molecule is CN(Cc1cccs1)C(=O)C1CCC(C(=O)N(C)Cc2cccs2)CC1. The highest BCUT2D eigenvalue weighted by atomic mass is 32.1. The highest BCUT2D eigenvalue weighted by Gasteiger charge is 2.32. The van der Waals surface area contributed by atoms with Crippen LogP contribution in [0, 0.1) is 11.8 Å². The van der Waals surface area contributed by atoms with Crippen LogP contribution in [0.3, 0.4) is 0 Å². The summed E-state index contributed by atoms with van der Waals surface area (Å²) in [6.07, 6.45) is 3.27. The molecule has 1 saturated carbocycles. The van der Waals surface area contributed by atoms with Crippen LogP contribution in [0.15, 0.2) is 35.0 Å². The van der Waals surface area contributed by atoms with Crippen molar-refractivity contribution in [1.82, 2.24) is 9.80 Å². The second-order valence-corrected chi connectivity index (χ2v) is 9.16. The zero-order valence-corrected chi connectivity index (χ0v) is 17.0. The minimum Gasteiger partial charge on any atom is -0.340 e. The van der Waals surface area contributed by atoms with Gasteiger partial charge in [-0.3, -0.25) is 9.59 Å². The van der Waals surface area contributed by atoms with Crippen molar-refractivity contribution in [3.63, 3.8) is 0 Å². The van der Waals surface area contributed by atoms with Crippen LogP contribution in [0.25, 0.3) is 0 Å². The third-order valence-corrected chi connectivity index (χ3v) is 6.85. The summed E-state index contributed by atoms with van der Waals surface area (Å²) >= 11 is 3.36. The molecule has 0 radical (unpaired) electrons. The number of nitrogens with zero attached hydrogens (tertiary/aromatic N) is 2. The summed E-state index contributed by atoms with van der Waals surface area (Å²) in [5.74, 6) is 0.561. The Morgan fingerprint density at radius 2 is 1.23 bits per heavy atom. The number of rotatable bonds is 6. The first-order valence-corrected chi connectivity index (χ1v) is 10.8. The average molecular weight is 391 g/mol. The summed E-state index contributed by atoms with van der Waals surface area (Å²) < 4.78 is 0. The van der Waals surface area contributed by atoms with Crippen molar-refractivity contribution < 1.29 is 9.59 Å². The van der Waals surface area contributed by atoms with Gasteiger partial charge in [-0.2, -0.15) is 0 Å². The number of hydrogen-bond donors (Lipinski definition) is 0. The summed E-state index contributed by atoms with van der Waals surface area (Å²) in [6, 6.07) is 8.16. The molecule has 6 heteroatoms. The van der Waals surface area contributed by atoms with Crippen molar-refractivity contribution in [3.05, 3.63) is 44.8 Å². The lowest BCUT2D eigenvalue weighted by Crippen LogP contribution is -2.38. The molecule has 2 amide bonds. The normalized spacial score (nSPS) is 19.9. The maximum atomic E-state index is 12.7. The smallest absolute Gasteiger partial charge is 0.225 e. The van der Waals surface area contributed by atoms with Crippen molar-refractivity contribution >= 4 is 34.5 Å². The molecule has 1 aliphatic rings. The third kappa shape index (κ3) is 4.74. The first-order valence-electron chi connectivity index (χ1n) is 9.09. The van der Waals surface area contributed by atoms with E-state index >= 15 is 0 Å². The summed E-state index contributed by atoms with van der Waals surface area (Å²) in [5, 5.41) is 4.08. The van der Waals surface area contributed by atoms with Crippen LogP contribution in [0.2, 0.25) is 0 Å². The van der Waals surface area contributed by atoms with E-state index in [1.54, 1.807) is 22.7 Å². The van der Waals surface area contributed by atoms with E-state index < -0.39 is 0 Å². The van der Waals surface area contributed by atoms with Crippen molar-refractivity contribution in [3.8, 4) is 0 Å². The van der Waals surface area contributed by atoms with Gasteiger partial charge in [-0.05, 0) is 48.6 Å². The van der Waals surface area contributed by atoms with Gasteiger partial charge in [0.05, 0.1) is 13.1 Å². The van der Waals surface area contributed by atoms with Crippen molar-refractivity contribution in [2.24, 2.45) is 11.8 Å². The average Bonchev–Trinajstić information content (AvgIpc) is 3.34. The Labute approximate surface area is 163 Å². The molecule has 3 rings (SSSR count). The van der Waals surface area contributed by atoms with Crippen molar-refractivity contribution in [2.45, 2.75) is 38.8 Å². The van der Waals surface area contributed by atoms with Gasteiger partial charge < -0.3 is 9.80 Å². The van der Waals surface area contributed by atoms with E-state index in [0.717, 1.165) is 25.7 Å². The topological polar surface area (TPSA) is 40.6 Å². The molecule has 26 heavy (non-hydrogen) atoms. The second kappa shape index (κ2) is 8.82. The summed E-state index contributed by atoms with van der Waals surface area (Å²) in [5.41, 5.74) is 0. The van der Waals surface area contributed by atoms with Crippen molar-refractivity contribution in [1.29, 1.82) is 0 Å². The Kier molecular flexibility index (Phi) is 6.48. The second-order valence-electron chi connectivity index (χ2n) is 7.10. The van der Waals surface area contributed by atoms with E-state index in [1.165, 1.54) is 9.75 Å². The molecule has 140 valence electrons. The zero-order chi connectivity index (χ0) is 18.5. The minimum absolute atomic E-state index is 0.0617. The molecule has 4 nitrogen and oxygen atoms in total. The van der Waals surface area contributed by atoms with E-state index in [0.29, 0.717) is 13.1 Å². The molecule has 0 saturated heterocycles. The molecule has 2 aromatic rings. The molecule has 1 aliphatic carbocycles. The fourth-order valence-corrected chi connectivity index (χ4v) is 5.15. The Morgan fingerprint density at radius 1 is 0.846 bits per heavy atom. The summed E-state index contributed by atoms with van der Waals surface area (Å²) in [4.78, 5) is 31.5. The highest BCUT2D eigenvalue weighted by Crippen LogP contribution is 2.31. The van der Waals surface area contributed by atoms with E-state index in [4.69, 9.17) is 0 Å². The molecule has 2 heterocycles. The van der Waals surface area contributed by atoms with Gasteiger partial charge in [0, 0.05) is 35.7 Å². The van der Waals surface area contributed by atoms with Crippen LogP contribution in [-0.4, -0.2) is 35.7 Å². The lowest BCUT2D eigenvalue weighted by atomic mass is 9.80. The van der Waals surface area contributed by atoms with Gasteiger partial charge in [0.2, 0.25) is 11.8 Å². The first-order chi connectivity index (χ1) is 12.5. The molecular formula is C20H26N2O2S2. The predicted molar refractivity (Wildman–Crippen MR) is 107 cm³/mol. The molecule has 0 spiro atoms. The van der Waals surface area contributed by atoms with Crippen LogP contribution in [-0.2, 0) is 22.7 Å². The highest BCUT2D eigenvalue weighted by molar-refractivity contribution is 7.10. The summed E-state index contributed by atoms with van der Waals surface area (Å²) in [6.45, 7) is 1.36. The van der Waals surface area contributed by atoms with Crippen LogP contribution in [0.5, 0.6) is 0 Å². The number of hydrogen-bond acceptors (Lipinski definition) is 4.